The first-order valence-corrected chi connectivity index (χ1v) is 8.99. The molecule has 1 atom stereocenters. The number of para-hydroxylation sites is 1. The molecule has 0 unspecified atom stereocenters. The number of esters is 1. The minimum Gasteiger partial charge on any atom is -0.463 e. The summed E-state index contributed by atoms with van der Waals surface area (Å²) in [5, 5.41) is 11.9. The molecule has 2 heterocycles. The number of nitriles is 1. The fourth-order valence-corrected chi connectivity index (χ4v) is 3.51. The lowest BCUT2D eigenvalue weighted by Crippen LogP contribution is -2.35. The molecule has 1 aliphatic rings. The third kappa shape index (κ3) is 3.56. The van der Waals surface area contributed by atoms with Crippen LogP contribution in [-0.4, -0.2) is 18.8 Å². The number of dihydropyridines is 1. The molecular weight excluding hydrogens is 401 g/mol. The Balaban J connectivity index is 2.42. The highest BCUT2D eigenvalue weighted by Crippen LogP contribution is 2.44. The van der Waals surface area contributed by atoms with Gasteiger partial charge in [-0.3, -0.25) is 4.79 Å². The van der Waals surface area contributed by atoms with Crippen molar-refractivity contribution < 1.29 is 27.1 Å². The molecule has 0 radical (unpaired) electrons. The molecule has 0 saturated carbocycles. The smallest absolute Gasteiger partial charge is 0.432 e. The lowest BCUT2D eigenvalue weighted by atomic mass is 9.80. The molecule has 156 valence electrons. The summed E-state index contributed by atoms with van der Waals surface area (Å²) in [4.78, 5) is 25.0. The summed E-state index contributed by atoms with van der Waals surface area (Å²) in [5.74, 6) is -2.06. The van der Waals surface area contributed by atoms with Crippen LogP contribution in [0, 0.1) is 18.3 Å². The van der Waals surface area contributed by atoms with E-state index in [-0.39, 0.29) is 45.6 Å². The molecule has 30 heavy (non-hydrogen) atoms. The highest BCUT2D eigenvalue weighted by molar-refractivity contribution is 5.95. The van der Waals surface area contributed by atoms with E-state index >= 15 is 0 Å². The van der Waals surface area contributed by atoms with E-state index in [0.717, 1.165) is 0 Å². The molecule has 1 N–H and O–H groups in total. The normalized spacial score (nSPS) is 17.0. The molecule has 0 bridgehead atoms. The van der Waals surface area contributed by atoms with E-state index < -0.39 is 29.3 Å². The molecule has 0 saturated heterocycles. The standard InChI is InChI=1S/C21H17F3N2O4/c1-4-29-20(28)16-11(3)26-19(21(22,23)24)14(9-25)17(16)13-7-5-6-12-15(27)8-10(2)30-18(12)13/h5-8,17,26H,4H2,1-3H3/t17-/m1/s1. The van der Waals surface area contributed by atoms with Gasteiger partial charge in [-0.15, -0.1) is 0 Å². The number of aryl methyl sites for hydroxylation is 1. The van der Waals surface area contributed by atoms with E-state index in [1.807, 2.05) is 0 Å². The largest absolute Gasteiger partial charge is 0.463 e. The van der Waals surface area contributed by atoms with Crippen LogP contribution < -0.4 is 10.7 Å². The van der Waals surface area contributed by atoms with Crippen LogP contribution in [0.1, 0.15) is 31.1 Å². The Kier molecular flexibility index (Phi) is 5.44. The van der Waals surface area contributed by atoms with Gasteiger partial charge >= 0.3 is 12.1 Å². The second-order valence-corrected chi connectivity index (χ2v) is 6.66. The van der Waals surface area contributed by atoms with Gasteiger partial charge in [0.25, 0.3) is 0 Å². The third-order valence-electron chi connectivity index (χ3n) is 4.68. The second kappa shape index (κ2) is 7.71. The predicted octanol–water partition coefficient (Wildman–Crippen LogP) is 3.97. The average molecular weight is 418 g/mol. The van der Waals surface area contributed by atoms with Gasteiger partial charge in [0.2, 0.25) is 0 Å². The van der Waals surface area contributed by atoms with Crippen LogP contribution in [0.5, 0.6) is 0 Å². The van der Waals surface area contributed by atoms with Crippen molar-refractivity contribution in [3.05, 3.63) is 68.4 Å². The van der Waals surface area contributed by atoms with E-state index in [1.165, 1.54) is 38.1 Å². The molecule has 0 spiro atoms. The van der Waals surface area contributed by atoms with Crippen molar-refractivity contribution in [1.29, 1.82) is 5.26 Å². The van der Waals surface area contributed by atoms with Crippen LogP contribution in [0.4, 0.5) is 13.2 Å². The SMILES string of the molecule is CCOC(=O)C1=C(C)NC(C(F)(F)F)=C(C#N)[C@H]1c1cccc2c(=O)cc(C)oc12. The Bertz CT molecular complexity index is 1200. The summed E-state index contributed by atoms with van der Waals surface area (Å²) in [7, 11) is 0. The number of benzene rings is 1. The van der Waals surface area contributed by atoms with E-state index in [0.29, 0.717) is 0 Å². The molecule has 0 aliphatic carbocycles. The van der Waals surface area contributed by atoms with Gasteiger partial charge in [-0.1, -0.05) is 12.1 Å². The minimum atomic E-state index is -4.87. The molecule has 6 nitrogen and oxygen atoms in total. The summed E-state index contributed by atoms with van der Waals surface area (Å²) in [6.45, 7) is 4.37. The van der Waals surface area contributed by atoms with Crippen molar-refractivity contribution in [2.24, 2.45) is 0 Å². The number of allylic oxidation sites excluding steroid dienone is 3. The number of hydrogen-bond acceptors (Lipinski definition) is 6. The van der Waals surface area contributed by atoms with Crippen molar-refractivity contribution >= 4 is 16.9 Å². The minimum absolute atomic E-state index is 0.0101. The van der Waals surface area contributed by atoms with Crippen LogP contribution in [0.25, 0.3) is 11.0 Å². The van der Waals surface area contributed by atoms with Gasteiger partial charge in [-0.2, -0.15) is 18.4 Å². The molecule has 9 heteroatoms. The molecule has 1 aromatic carbocycles. The fraction of sp³-hybridized carbons (Fsp3) is 0.286. The molecule has 0 fully saturated rings. The Morgan fingerprint density at radius 3 is 2.63 bits per heavy atom. The highest BCUT2D eigenvalue weighted by atomic mass is 19.4. The second-order valence-electron chi connectivity index (χ2n) is 6.66. The van der Waals surface area contributed by atoms with E-state index in [9.17, 15) is 28.0 Å². The average Bonchev–Trinajstić information content (AvgIpc) is 2.66. The van der Waals surface area contributed by atoms with Crippen molar-refractivity contribution in [3.63, 3.8) is 0 Å². The first-order chi connectivity index (χ1) is 14.1. The number of ether oxygens (including phenoxy) is 1. The van der Waals surface area contributed by atoms with Gasteiger partial charge in [-0.05, 0) is 26.8 Å². The summed E-state index contributed by atoms with van der Waals surface area (Å²) in [5.41, 5.74) is -2.52. The van der Waals surface area contributed by atoms with Crippen molar-refractivity contribution in [3.8, 4) is 6.07 Å². The Morgan fingerprint density at radius 2 is 2.03 bits per heavy atom. The lowest BCUT2D eigenvalue weighted by molar-refractivity contribution is -0.139. The van der Waals surface area contributed by atoms with Gasteiger partial charge in [0.05, 0.1) is 35.1 Å². The number of carbonyl (C=O) groups is 1. The van der Waals surface area contributed by atoms with Crippen LogP contribution in [0.3, 0.4) is 0 Å². The van der Waals surface area contributed by atoms with E-state index in [2.05, 4.69) is 5.32 Å². The maximum Gasteiger partial charge on any atom is 0.432 e. The monoisotopic (exact) mass is 418 g/mol. The number of carbonyl (C=O) groups excluding carboxylic acids is 1. The Labute approximate surface area is 169 Å². The zero-order valence-electron chi connectivity index (χ0n) is 16.3. The molecule has 0 amide bonds. The fourth-order valence-electron chi connectivity index (χ4n) is 3.51. The number of alkyl halides is 3. The Morgan fingerprint density at radius 1 is 1.33 bits per heavy atom. The number of nitrogens with one attached hydrogen (secondary N) is 1. The maximum atomic E-state index is 13.7. The van der Waals surface area contributed by atoms with Gasteiger partial charge in [0, 0.05) is 17.3 Å². The summed E-state index contributed by atoms with van der Waals surface area (Å²) >= 11 is 0. The quantitative estimate of drug-likeness (QED) is 0.759. The number of halogens is 3. The van der Waals surface area contributed by atoms with Gasteiger partial charge in [-0.25, -0.2) is 4.79 Å². The lowest BCUT2D eigenvalue weighted by Gasteiger charge is -2.30. The molecular formula is C21H17F3N2O4. The first kappa shape index (κ1) is 21.2. The summed E-state index contributed by atoms with van der Waals surface area (Å²) in [6.07, 6.45) is -4.87. The van der Waals surface area contributed by atoms with Crippen LogP contribution in [-0.2, 0) is 9.53 Å². The van der Waals surface area contributed by atoms with Crippen molar-refractivity contribution in [2.45, 2.75) is 32.9 Å². The van der Waals surface area contributed by atoms with E-state index in [1.54, 1.807) is 13.0 Å². The molecule has 1 aliphatic heterocycles. The summed E-state index contributed by atoms with van der Waals surface area (Å²) < 4.78 is 51.7. The predicted molar refractivity (Wildman–Crippen MR) is 101 cm³/mol. The third-order valence-corrected chi connectivity index (χ3v) is 4.68. The topological polar surface area (TPSA) is 92.3 Å². The maximum absolute atomic E-state index is 13.7. The molecule has 2 aromatic rings. The highest BCUT2D eigenvalue weighted by Gasteiger charge is 2.45. The zero-order valence-corrected chi connectivity index (χ0v) is 16.3. The Hall–Kier alpha value is -3.54. The van der Waals surface area contributed by atoms with Crippen molar-refractivity contribution in [1.82, 2.24) is 5.32 Å². The van der Waals surface area contributed by atoms with Gasteiger partial charge in [0.15, 0.2) is 5.43 Å². The summed E-state index contributed by atoms with van der Waals surface area (Å²) in [6, 6.07) is 7.20. The van der Waals surface area contributed by atoms with Crippen LogP contribution >= 0.6 is 0 Å². The van der Waals surface area contributed by atoms with Crippen LogP contribution in [0.2, 0.25) is 0 Å². The van der Waals surface area contributed by atoms with Crippen molar-refractivity contribution in [2.75, 3.05) is 6.61 Å². The number of fused-ring (bicyclic) bond motifs is 1. The van der Waals surface area contributed by atoms with E-state index in [4.69, 9.17) is 9.15 Å². The molecule has 1 aromatic heterocycles. The van der Waals surface area contributed by atoms with Gasteiger partial charge in [0.1, 0.15) is 17.0 Å². The number of rotatable bonds is 3. The first-order valence-electron chi connectivity index (χ1n) is 8.99. The zero-order chi connectivity index (χ0) is 22.2. The number of nitrogens with zero attached hydrogens (tertiary/aromatic N) is 1. The van der Waals surface area contributed by atoms with Gasteiger partial charge < -0.3 is 14.5 Å². The molecule has 3 rings (SSSR count). The van der Waals surface area contributed by atoms with Crippen LogP contribution in [0.15, 0.2) is 56.0 Å². The number of hydrogen-bond donors (Lipinski definition) is 1.